The second-order valence-electron chi connectivity index (χ2n) is 5.95. The Bertz CT molecular complexity index is 861. The monoisotopic (exact) mass is 366 g/mol. The molecule has 138 valence electrons. The number of hydrogen-bond acceptors (Lipinski definition) is 4. The fourth-order valence-corrected chi connectivity index (χ4v) is 2.42. The van der Waals surface area contributed by atoms with Crippen molar-refractivity contribution in [3.63, 3.8) is 0 Å². The summed E-state index contributed by atoms with van der Waals surface area (Å²) < 4.78 is 23.7. The number of aliphatic hydroxyl groups is 1. The van der Waals surface area contributed by atoms with Crippen molar-refractivity contribution in [2.24, 2.45) is 0 Å². The number of carbonyl (C=O) groups excluding carboxylic acids is 1. The highest BCUT2D eigenvalue weighted by molar-refractivity contribution is 6.08. The van der Waals surface area contributed by atoms with Crippen molar-refractivity contribution in [2.45, 2.75) is 6.10 Å². The Hall–Kier alpha value is -3.18. The number of ether oxygens (including phenoxy) is 2. The van der Waals surface area contributed by atoms with E-state index in [4.69, 9.17) is 9.47 Å². The molecule has 0 aliphatic carbocycles. The summed E-state index contributed by atoms with van der Waals surface area (Å²) in [5.41, 5.74) is 1.19. The minimum absolute atomic E-state index is 0.0240. The lowest BCUT2D eigenvalue weighted by molar-refractivity contribution is 0.0626. The molecule has 3 aromatic carbocycles. The molecule has 27 heavy (non-hydrogen) atoms. The average molecular weight is 366 g/mol. The van der Waals surface area contributed by atoms with E-state index >= 15 is 0 Å². The van der Waals surface area contributed by atoms with Crippen molar-refractivity contribution >= 4 is 5.78 Å². The molecule has 0 radical (unpaired) electrons. The van der Waals surface area contributed by atoms with Gasteiger partial charge in [0.25, 0.3) is 0 Å². The molecule has 5 heteroatoms. The van der Waals surface area contributed by atoms with Gasteiger partial charge in [0.2, 0.25) is 0 Å². The lowest BCUT2D eigenvalue weighted by Gasteiger charge is -2.14. The van der Waals surface area contributed by atoms with Crippen molar-refractivity contribution in [3.05, 3.63) is 95.8 Å². The maximum atomic E-state index is 12.8. The molecule has 3 aromatic rings. The Morgan fingerprint density at radius 2 is 1.26 bits per heavy atom. The molecule has 0 aromatic heterocycles. The number of carbonyl (C=O) groups is 1. The molecular weight excluding hydrogens is 347 g/mol. The first kappa shape index (κ1) is 18.6. The average Bonchev–Trinajstić information content (AvgIpc) is 2.72. The minimum atomic E-state index is -0.847. The number of ketones is 1. The smallest absolute Gasteiger partial charge is 0.193 e. The van der Waals surface area contributed by atoms with E-state index in [-0.39, 0.29) is 24.8 Å². The molecule has 4 nitrogen and oxygen atoms in total. The van der Waals surface area contributed by atoms with Crippen molar-refractivity contribution in [1.82, 2.24) is 0 Å². The molecule has 0 saturated heterocycles. The Morgan fingerprint density at radius 3 is 1.81 bits per heavy atom. The Labute approximate surface area is 156 Å². The molecule has 0 saturated carbocycles. The molecule has 1 N–H and O–H groups in total. The molecule has 0 aliphatic heterocycles. The van der Waals surface area contributed by atoms with Gasteiger partial charge in [0.15, 0.2) is 5.78 Å². The fraction of sp³-hybridized carbons (Fsp3) is 0.136. The molecule has 0 fully saturated rings. The maximum Gasteiger partial charge on any atom is 0.193 e. The first-order valence-electron chi connectivity index (χ1n) is 8.51. The third kappa shape index (κ3) is 5.39. The number of benzene rings is 3. The van der Waals surface area contributed by atoms with Gasteiger partial charge in [-0.1, -0.05) is 30.3 Å². The van der Waals surface area contributed by atoms with Crippen LogP contribution in [-0.2, 0) is 0 Å². The molecule has 3 rings (SSSR count). The number of rotatable bonds is 8. The normalized spacial score (nSPS) is 11.6. The van der Waals surface area contributed by atoms with E-state index in [1.54, 1.807) is 36.4 Å². The molecule has 0 spiro atoms. The van der Waals surface area contributed by atoms with Crippen molar-refractivity contribution in [2.75, 3.05) is 13.2 Å². The van der Waals surface area contributed by atoms with Crippen molar-refractivity contribution in [1.29, 1.82) is 0 Å². The van der Waals surface area contributed by atoms with Crippen LogP contribution in [0, 0.1) is 5.82 Å². The molecular formula is C22H19FO4. The third-order valence-corrected chi connectivity index (χ3v) is 3.85. The minimum Gasteiger partial charge on any atom is -0.491 e. The van der Waals surface area contributed by atoms with Gasteiger partial charge in [0.1, 0.15) is 36.6 Å². The van der Waals surface area contributed by atoms with E-state index in [1.165, 1.54) is 24.3 Å². The Kier molecular flexibility index (Phi) is 6.18. The molecule has 1 unspecified atom stereocenters. The molecule has 0 heterocycles. The summed E-state index contributed by atoms with van der Waals surface area (Å²) in [6, 6.07) is 21.3. The van der Waals surface area contributed by atoms with Gasteiger partial charge in [-0.15, -0.1) is 0 Å². The molecule has 0 bridgehead atoms. The molecule has 0 aliphatic rings. The highest BCUT2D eigenvalue weighted by atomic mass is 19.1. The summed E-state index contributed by atoms with van der Waals surface area (Å²) in [6.07, 6.45) is -0.847. The van der Waals surface area contributed by atoms with Crippen LogP contribution in [0.1, 0.15) is 15.9 Å². The first-order valence-corrected chi connectivity index (χ1v) is 8.51. The lowest BCUT2D eigenvalue weighted by atomic mass is 10.0. The van der Waals surface area contributed by atoms with Gasteiger partial charge in [0.05, 0.1) is 0 Å². The molecule has 0 amide bonds. The van der Waals surface area contributed by atoms with Gasteiger partial charge in [-0.2, -0.15) is 0 Å². The van der Waals surface area contributed by atoms with Gasteiger partial charge in [0, 0.05) is 11.1 Å². The second-order valence-corrected chi connectivity index (χ2v) is 5.95. The van der Waals surface area contributed by atoms with Crippen LogP contribution in [0.2, 0.25) is 0 Å². The van der Waals surface area contributed by atoms with Crippen molar-refractivity contribution in [3.8, 4) is 11.5 Å². The van der Waals surface area contributed by atoms with Crippen LogP contribution in [0.5, 0.6) is 11.5 Å². The van der Waals surface area contributed by atoms with Gasteiger partial charge >= 0.3 is 0 Å². The van der Waals surface area contributed by atoms with E-state index in [0.29, 0.717) is 22.6 Å². The van der Waals surface area contributed by atoms with E-state index in [0.717, 1.165) is 0 Å². The van der Waals surface area contributed by atoms with E-state index in [2.05, 4.69) is 0 Å². The SMILES string of the molecule is O=C(c1ccccc1)c1ccc(OCC(O)COc2ccc(F)cc2)cc1. The van der Waals surface area contributed by atoms with Crippen LogP contribution in [0.3, 0.4) is 0 Å². The number of hydrogen-bond donors (Lipinski definition) is 1. The second kappa shape index (κ2) is 8.96. The van der Waals surface area contributed by atoms with Gasteiger partial charge in [-0.25, -0.2) is 4.39 Å². The van der Waals surface area contributed by atoms with Crippen LogP contribution >= 0.6 is 0 Å². The number of halogens is 1. The standard InChI is InChI=1S/C22H19FO4/c23-18-8-12-21(13-9-18)27-15-19(24)14-26-20-10-6-17(7-11-20)22(25)16-4-2-1-3-5-16/h1-13,19,24H,14-15H2. The van der Waals surface area contributed by atoms with Crippen molar-refractivity contribution < 1.29 is 23.8 Å². The van der Waals surface area contributed by atoms with Gasteiger partial charge in [-0.05, 0) is 48.5 Å². The predicted molar refractivity (Wildman–Crippen MR) is 99.7 cm³/mol. The van der Waals surface area contributed by atoms with Crippen LogP contribution in [-0.4, -0.2) is 30.2 Å². The fourth-order valence-electron chi connectivity index (χ4n) is 2.42. The zero-order valence-corrected chi connectivity index (χ0v) is 14.5. The number of aliphatic hydroxyl groups excluding tert-OH is 1. The van der Waals surface area contributed by atoms with E-state index in [1.807, 2.05) is 18.2 Å². The Morgan fingerprint density at radius 1 is 0.778 bits per heavy atom. The zero-order chi connectivity index (χ0) is 19.1. The lowest BCUT2D eigenvalue weighted by Crippen LogP contribution is -2.25. The quantitative estimate of drug-likeness (QED) is 0.615. The van der Waals surface area contributed by atoms with E-state index < -0.39 is 6.10 Å². The van der Waals surface area contributed by atoms with Crippen LogP contribution < -0.4 is 9.47 Å². The summed E-state index contributed by atoms with van der Waals surface area (Å²) in [4.78, 5) is 12.3. The maximum absolute atomic E-state index is 12.8. The topological polar surface area (TPSA) is 55.8 Å². The summed E-state index contributed by atoms with van der Waals surface area (Å²) in [7, 11) is 0. The molecule has 1 atom stereocenters. The van der Waals surface area contributed by atoms with Gasteiger partial charge in [-0.3, -0.25) is 4.79 Å². The summed E-state index contributed by atoms with van der Waals surface area (Å²) in [5.74, 6) is 0.606. The van der Waals surface area contributed by atoms with Crippen LogP contribution in [0.4, 0.5) is 4.39 Å². The van der Waals surface area contributed by atoms with Crippen LogP contribution in [0.15, 0.2) is 78.9 Å². The predicted octanol–water partition coefficient (Wildman–Crippen LogP) is 3.88. The first-order chi connectivity index (χ1) is 13.1. The van der Waals surface area contributed by atoms with E-state index in [9.17, 15) is 14.3 Å². The van der Waals surface area contributed by atoms with Gasteiger partial charge < -0.3 is 14.6 Å². The summed E-state index contributed by atoms with van der Waals surface area (Å²) in [5, 5.41) is 9.94. The Balaban J connectivity index is 1.48. The summed E-state index contributed by atoms with van der Waals surface area (Å²) in [6.45, 7) is 0.0589. The third-order valence-electron chi connectivity index (χ3n) is 3.85. The highest BCUT2D eigenvalue weighted by Gasteiger charge is 2.10. The van der Waals surface area contributed by atoms with Crippen LogP contribution in [0.25, 0.3) is 0 Å². The summed E-state index contributed by atoms with van der Waals surface area (Å²) >= 11 is 0. The highest BCUT2D eigenvalue weighted by Crippen LogP contribution is 2.16. The zero-order valence-electron chi connectivity index (χ0n) is 14.5. The largest absolute Gasteiger partial charge is 0.491 e.